The molecule has 0 saturated carbocycles. The molecule has 2 rings (SSSR count). The van der Waals surface area contributed by atoms with Gasteiger partial charge in [0, 0.05) is 25.2 Å². The average molecular weight is 386 g/mol. The smallest absolute Gasteiger partial charge is 0.315 e. The normalized spacial score (nSPS) is 17.1. The van der Waals surface area contributed by atoms with Crippen molar-refractivity contribution in [1.82, 2.24) is 14.9 Å². The molecule has 1 aromatic carbocycles. The summed E-state index contributed by atoms with van der Waals surface area (Å²) in [5, 5.41) is 5.68. The van der Waals surface area contributed by atoms with Crippen molar-refractivity contribution in [1.29, 1.82) is 0 Å². The number of carbonyl (C=O) groups is 1. The molecule has 146 valence electrons. The number of hydrogen-bond donors (Lipinski definition) is 2. The minimum Gasteiger partial charge on any atom is -0.338 e. The van der Waals surface area contributed by atoms with Gasteiger partial charge in [-0.15, -0.1) is 0 Å². The summed E-state index contributed by atoms with van der Waals surface area (Å²) in [6.07, 6.45) is 2.33. The zero-order valence-corrected chi connectivity index (χ0v) is 16.4. The van der Waals surface area contributed by atoms with Crippen molar-refractivity contribution < 1.29 is 17.6 Å². The Morgan fingerprint density at radius 2 is 1.77 bits per heavy atom. The number of urea groups is 1. The van der Waals surface area contributed by atoms with E-state index >= 15 is 0 Å². The molecule has 1 aliphatic rings. The van der Waals surface area contributed by atoms with Crippen molar-refractivity contribution in [2.45, 2.75) is 50.5 Å². The fourth-order valence-corrected chi connectivity index (χ4v) is 4.44. The third-order valence-electron chi connectivity index (χ3n) is 4.35. The molecule has 0 aromatic heterocycles. The van der Waals surface area contributed by atoms with Gasteiger partial charge in [-0.05, 0) is 70.2 Å². The van der Waals surface area contributed by atoms with Gasteiger partial charge < -0.3 is 10.6 Å². The Hall–Kier alpha value is -1.67. The van der Waals surface area contributed by atoms with Gasteiger partial charge in [-0.3, -0.25) is 0 Å². The number of nitrogens with one attached hydrogen (secondary N) is 2. The van der Waals surface area contributed by atoms with E-state index in [1.54, 1.807) is 0 Å². The van der Waals surface area contributed by atoms with E-state index in [4.69, 9.17) is 0 Å². The van der Waals surface area contributed by atoms with E-state index in [0.29, 0.717) is 25.6 Å². The van der Waals surface area contributed by atoms with Gasteiger partial charge in [0.25, 0.3) is 0 Å². The second kappa shape index (κ2) is 8.35. The zero-order valence-electron chi connectivity index (χ0n) is 15.6. The third kappa shape index (κ3) is 5.95. The Bertz CT molecular complexity index is 706. The standard InChI is InChI=1S/C18H28FN3O3S/c1-18(2,3)21-17(23)20-11-8-14-9-12-22(13-10-14)26(24,25)16-6-4-15(19)5-7-16/h4-7,14H,8-13H2,1-3H3,(H2,20,21,23). The molecule has 1 saturated heterocycles. The number of rotatable bonds is 5. The lowest BCUT2D eigenvalue weighted by atomic mass is 9.95. The monoisotopic (exact) mass is 385 g/mol. The van der Waals surface area contributed by atoms with Crippen LogP contribution in [0.1, 0.15) is 40.0 Å². The van der Waals surface area contributed by atoms with Gasteiger partial charge in [0.2, 0.25) is 10.0 Å². The molecule has 0 atom stereocenters. The molecule has 0 unspecified atom stereocenters. The zero-order chi connectivity index (χ0) is 19.4. The number of halogens is 1. The summed E-state index contributed by atoms with van der Waals surface area (Å²) in [5.74, 6) is -0.0738. The van der Waals surface area contributed by atoms with Crippen molar-refractivity contribution in [3.63, 3.8) is 0 Å². The van der Waals surface area contributed by atoms with E-state index in [-0.39, 0.29) is 16.5 Å². The van der Waals surface area contributed by atoms with Crippen molar-refractivity contribution >= 4 is 16.1 Å². The van der Waals surface area contributed by atoms with E-state index in [1.165, 1.54) is 16.4 Å². The van der Waals surface area contributed by atoms with Crippen LogP contribution in [-0.4, -0.2) is 43.9 Å². The molecule has 1 heterocycles. The van der Waals surface area contributed by atoms with Crippen LogP contribution in [-0.2, 0) is 10.0 Å². The van der Waals surface area contributed by atoms with E-state index in [9.17, 15) is 17.6 Å². The Labute approximate surface area is 155 Å². The highest BCUT2D eigenvalue weighted by Gasteiger charge is 2.29. The number of carbonyl (C=O) groups excluding carboxylic acids is 1. The first-order chi connectivity index (χ1) is 12.1. The predicted molar refractivity (Wildman–Crippen MR) is 98.8 cm³/mol. The molecular weight excluding hydrogens is 357 g/mol. The Kier molecular flexibility index (Phi) is 6.63. The molecule has 0 spiro atoms. The maximum Gasteiger partial charge on any atom is 0.315 e. The fraction of sp³-hybridized carbons (Fsp3) is 0.611. The van der Waals surface area contributed by atoms with Gasteiger partial charge in [0.15, 0.2) is 0 Å². The first kappa shape index (κ1) is 20.6. The van der Waals surface area contributed by atoms with E-state index in [0.717, 1.165) is 31.4 Å². The summed E-state index contributed by atoms with van der Waals surface area (Å²) < 4.78 is 39.6. The second-order valence-corrected chi connectivity index (χ2v) is 9.66. The maximum absolute atomic E-state index is 13.0. The summed E-state index contributed by atoms with van der Waals surface area (Å²) in [6.45, 7) is 7.21. The van der Waals surface area contributed by atoms with Crippen LogP contribution in [0.2, 0.25) is 0 Å². The SMILES string of the molecule is CC(C)(C)NC(=O)NCCC1CCN(S(=O)(=O)c2ccc(F)cc2)CC1. The molecular formula is C18H28FN3O3S. The quantitative estimate of drug-likeness (QED) is 0.818. The van der Waals surface area contributed by atoms with Crippen LogP contribution >= 0.6 is 0 Å². The first-order valence-corrected chi connectivity index (χ1v) is 10.3. The highest BCUT2D eigenvalue weighted by molar-refractivity contribution is 7.89. The van der Waals surface area contributed by atoms with Crippen LogP contribution in [0.4, 0.5) is 9.18 Å². The van der Waals surface area contributed by atoms with Gasteiger partial charge >= 0.3 is 6.03 Å². The minimum absolute atomic E-state index is 0.123. The summed E-state index contributed by atoms with van der Waals surface area (Å²) in [6, 6.07) is 4.74. The number of amides is 2. The van der Waals surface area contributed by atoms with Crippen LogP contribution in [0, 0.1) is 11.7 Å². The molecule has 0 bridgehead atoms. The number of nitrogens with zero attached hydrogens (tertiary/aromatic N) is 1. The van der Waals surface area contributed by atoms with Crippen LogP contribution < -0.4 is 10.6 Å². The highest BCUT2D eigenvalue weighted by atomic mass is 32.2. The summed E-state index contributed by atoms with van der Waals surface area (Å²) in [7, 11) is -3.57. The molecule has 6 nitrogen and oxygen atoms in total. The molecule has 0 aliphatic carbocycles. The molecule has 1 aromatic rings. The molecule has 2 amide bonds. The van der Waals surface area contributed by atoms with Crippen LogP contribution in [0.25, 0.3) is 0 Å². The number of piperidine rings is 1. The second-order valence-electron chi connectivity index (χ2n) is 7.72. The molecule has 1 fully saturated rings. The molecule has 2 N–H and O–H groups in total. The lowest BCUT2D eigenvalue weighted by Gasteiger charge is -2.31. The molecule has 1 aliphatic heterocycles. The van der Waals surface area contributed by atoms with Crippen molar-refractivity contribution in [3.8, 4) is 0 Å². The summed E-state index contributed by atoms with van der Waals surface area (Å²) >= 11 is 0. The topological polar surface area (TPSA) is 78.5 Å². The van der Waals surface area contributed by atoms with Gasteiger partial charge in [-0.25, -0.2) is 17.6 Å². The van der Waals surface area contributed by atoms with Crippen molar-refractivity contribution in [2.24, 2.45) is 5.92 Å². The fourth-order valence-electron chi connectivity index (χ4n) is 2.97. The highest BCUT2D eigenvalue weighted by Crippen LogP contribution is 2.25. The maximum atomic E-state index is 13.0. The van der Waals surface area contributed by atoms with E-state index in [2.05, 4.69) is 10.6 Å². The largest absolute Gasteiger partial charge is 0.338 e. The van der Waals surface area contributed by atoms with Crippen molar-refractivity contribution in [3.05, 3.63) is 30.1 Å². The third-order valence-corrected chi connectivity index (χ3v) is 6.26. The van der Waals surface area contributed by atoms with Gasteiger partial charge in [-0.2, -0.15) is 4.31 Å². The lowest BCUT2D eigenvalue weighted by molar-refractivity contribution is 0.228. The number of benzene rings is 1. The Morgan fingerprint density at radius 1 is 1.19 bits per heavy atom. The van der Waals surface area contributed by atoms with Crippen LogP contribution in [0.3, 0.4) is 0 Å². The molecule has 0 radical (unpaired) electrons. The number of sulfonamides is 1. The van der Waals surface area contributed by atoms with Gasteiger partial charge in [-0.1, -0.05) is 0 Å². The van der Waals surface area contributed by atoms with Gasteiger partial charge in [0.1, 0.15) is 5.82 Å². The number of hydrogen-bond acceptors (Lipinski definition) is 3. The first-order valence-electron chi connectivity index (χ1n) is 8.90. The summed E-state index contributed by atoms with van der Waals surface area (Å²) in [5.41, 5.74) is -0.274. The van der Waals surface area contributed by atoms with E-state index in [1.807, 2.05) is 20.8 Å². The van der Waals surface area contributed by atoms with Crippen molar-refractivity contribution in [2.75, 3.05) is 19.6 Å². The summed E-state index contributed by atoms with van der Waals surface area (Å²) in [4.78, 5) is 11.9. The van der Waals surface area contributed by atoms with Gasteiger partial charge in [0.05, 0.1) is 4.90 Å². The predicted octanol–water partition coefficient (Wildman–Crippen LogP) is 2.71. The molecule has 8 heteroatoms. The van der Waals surface area contributed by atoms with Crippen LogP contribution in [0.5, 0.6) is 0 Å². The van der Waals surface area contributed by atoms with Crippen LogP contribution in [0.15, 0.2) is 29.2 Å². The Morgan fingerprint density at radius 3 is 2.31 bits per heavy atom. The Balaban J connectivity index is 1.78. The average Bonchev–Trinajstić information content (AvgIpc) is 2.54. The minimum atomic E-state index is -3.57. The van der Waals surface area contributed by atoms with E-state index < -0.39 is 15.8 Å². The molecule has 26 heavy (non-hydrogen) atoms. The lowest BCUT2D eigenvalue weighted by Crippen LogP contribution is -2.47.